The Morgan fingerprint density at radius 2 is 1.95 bits per heavy atom. The van der Waals surface area contributed by atoms with Crippen molar-refractivity contribution in [2.45, 2.75) is 11.8 Å². The van der Waals surface area contributed by atoms with Crippen LogP contribution in [-0.4, -0.2) is 28.1 Å². The molecule has 0 radical (unpaired) electrons. The Morgan fingerprint density at radius 1 is 1.27 bits per heavy atom. The molecular weight excluding hydrogens is 310 g/mol. The lowest BCUT2D eigenvalue weighted by molar-refractivity contribution is 0.288. The van der Waals surface area contributed by atoms with Crippen molar-refractivity contribution in [1.29, 1.82) is 0 Å². The maximum Gasteiger partial charge on any atom is 0.357 e. The molecule has 0 unspecified atom stereocenters. The van der Waals surface area contributed by atoms with E-state index in [1.54, 1.807) is 12.1 Å². The molecule has 0 aliphatic heterocycles. The smallest absolute Gasteiger partial charge is 0.357 e. The van der Waals surface area contributed by atoms with Gasteiger partial charge in [-0.25, -0.2) is 4.98 Å². The van der Waals surface area contributed by atoms with Crippen molar-refractivity contribution in [2.75, 3.05) is 5.73 Å². The molecule has 22 heavy (non-hydrogen) atoms. The number of aryl methyl sites for hydroxylation is 1. The van der Waals surface area contributed by atoms with Crippen molar-refractivity contribution >= 4 is 27.2 Å². The Labute approximate surface area is 124 Å². The number of nitrogen functional groups attached to an aromatic ring is 1. The van der Waals surface area contributed by atoms with Gasteiger partial charge in [-0.2, -0.15) is 13.4 Å². The third-order valence-electron chi connectivity index (χ3n) is 2.88. The molecule has 3 rings (SSSR count). The van der Waals surface area contributed by atoms with Gasteiger partial charge in [0, 0.05) is 0 Å². The highest BCUT2D eigenvalue weighted by atomic mass is 32.2. The van der Waals surface area contributed by atoms with E-state index in [2.05, 4.69) is 15.0 Å². The van der Waals surface area contributed by atoms with Gasteiger partial charge in [0.25, 0.3) is 5.56 Å². The molecule has 9 nitrogen and oxygen atoms in total. The third kappa shape index (κ3) is 2.39. The van der Waals surface area contributed by atoms with Crippen LogP contribution >= 0.6 is 0 Å². The van der Waals surface area contributed by atoms with Crippen LogP contribution in [0.25, 0.3) is 11.2 Å². The number of nitrogens with two attached hydrogens (primary N) is 1. The van der Waals surface area contributed by atoms with E-state index in [4.69, 9.17) is 10.0 Å². The molecule has 10 heteroatoms. The zero-order valence-electron chi connectivity index (χ0n) is 11.3. The van der Waals surface area contributed by atoms with E-state index in [0.29, 0.717) is 0 Å². The highest BCUT2D eigenvalue weighted by Crippen LogP contribution is 2.13. The van der Waals surface area contributed by atoms with Crippen molar-refractivity contribution in [2.24, 2.45) is 0 Å². The molecule has 0 saturated heterocycles. The summed E-state index contributed by atoms with van der Waals surface area (Å²) < 4.78 is 30.2. The minimum atomic E-state index is -4.09. The number of benzene rings is 1. The van der Waals surface area contributed by atoms with E-state index in [-0.39, 0.29) is 22.0 Å². The van der Waals surface area contributed by atoms with Crippen LogP contribution in [0, 0.1) is 6.92 Å². The number of rotatable bonds is 3. The van der Waals surface area contributed by atoms with Crippen molar-refractivity contribution < 1.29 is 12.7 Å². The first-order chi connectivity index (χ1) is 10.4. The summed E-state index contributed by atoms with van der Waals surface area (Å²) in [7, 11) is -4.09. The molecule has 1 aromatic carbocycles. The van der Waals surface area contributed by atoms with E-state index < -0.39 is 15.7 Å². The molecule has 0 aliphatic rings. The molecule has 0 saturated carbocycles. The van der Waals surface area contributed by atoms with Gasteiger partial charge in [-0.05, 0) is 19.1 Å². The zero-order chi connectivity index (χ0) is 15.9. The lowest BCUT2D eigenvalue weighted by Crippen LogP contribution is -2.21. The Morgan fingerprint density at radius 3 is 2.64 bits per heavy atom. The van der Waals surface area contributed by atoms with E-state index in [0.717, 1.165) is 16.6 Å². The van der Waals surface area contributed by atoms with Crippen LogP contribution in [0.4, 0.5) is 5.95 Å². The van der Waals surface area contributed by atoms with Gasteiger partial charge in [-0.1, -0.05) is 17.7 Å². The van der Waals surface area contributed by atoms with Crippen LogP contribution in [0.5, 0.6) is 0 Å². The monoisotopic (exact) mass is 321 g/mol. The first-order valence-electron chi connectivity index (χ1n) is 6.11. The van der Waals surface area contributed by atoms with E-state index in [1.807, 2.05) is 6.92 Å². The second-order valence-corrected chi connectivity index (χ2v) is 6.06. The lowest BCUT2D eigenvalue weighted by atomic mass is 10.2. The minimum absolute atomic E-state index is 0.0298. The van der Waals surface area contributed by atoms with E-state index in [1.165, 1.54) is 12.1 Å². The van der Waals surface area contributed by atoms with Gasteiger partial charge in [0.15, 0.2) is 5.52 Å². The van der Waals surface area contributed by atoms with E-state index in [9.17, 15) is 13.2 Å². The Kier molecular flexibility index (Phi) is 3.10. The van der Waals surface area contributed by atoms with Crippen molar-refractivity contribution in [1.82, 2.24) is 19.7 Å². The van der Waals surface area contributed by atoms with Crippen molar-refractivity contribution in [3.63, 3.8) is 0 Å². The molecule has 0 aliphatic carbocycles. The largest absolute Gasteiger partial charge is 0.369 e. The molecule has 0 amide bonds. The second-order valence-electron chi connectivity index (χ2n) is 4.54. The average molecular weight is 321 g/mol. The number of nitrogens with one attached hydrogen (secondary N) is 1. The van der Waals surface area contributed by atoms with Gasteiger partial charge in [-0.15, -0.1) is 4.73 Å². The zero-order valence-corrected chi connectivity index (χ0v) is 12.2. The summed E-state index contributed by atoms with van der Waals surface area (Å²) in [5.41, 5.74) is 5.59. The Balaban J connectivity index is 2.06. The van der Waals surface area contributed by atoms with Gasteiger partial charge < -0.3 is 5.73 Å². The highest BCUT2D eigenvalue weighted by molar-refractivity contribution is 7.87. The van der Waals surface area contributed by atoms with Gasteiger partial charge in [-0.3, -0.25) is 14.1 Å². The summed E-state index contributed by atoms with van der Waals surface area (Å²) in [5, 5.41) is 0. The van der Waals surface area contributed by atoms with Crippen LogP contribution in [-0.2, 0) is 10.1 Å². The highest BCUT2D eigenvalue weighted by Gasteiger charge is 2.19. The number of fused-ring (bicyclic) bond motifs is 1. The quantitative estimate of drug-likeness (QED) is 0.684. The fourth-order valence-corrected chi connectivity index (χ4v) is 2.69. The first-order valence-corrected chi connectivity index (χ1v) is 7.52. The number of hydrogen-bond acceptors (Lipinski definition) is 7. The van der Waals surface area contributed by atoms with Crippen molar-refractivity contribution in [3.8, 4) is 0 Å². The molecular formula is C12H11N5O4S. The fraction of sp³-hybridized carbons (Fsp3) is 0.0833. The maximum absolute atomic E-state index is 12.2. The summed E-state index contributed by atoms with van der Waals surface area (Å²) in [5.74, 6) is -0.171. The Bertz CT molecular complexity index is 1000. The van der Waals surface area contributed by atoms with Gasteiger partial charge in [0.1, 0.15) is 11.2 Å². The predicted molar refractivity (Wildman–Crippen MR) is 77.5 cm³/mol. The number of imidazole rings is 1. The molecule has 2 aromatic heterocycles. The number of H-pyrrole nitrogens is 1. The SMILES string of the molecule is Cc1ccc(S(=O)(=O)On2cnc3c(=O)[nH]c(N)nc32)cc1. The number of nitrogens with zero attached hydrogens (tertiary/aromatic N) is 3. The predicted octanol–water partition coefficient (Wildman–Crippen LogP) is -0.172. The van der Waals surface area contributed by atoms with Crippen LogP contribution < -0.4 is 15.6 Å². The van der Waals surface area contributed by atoms with Crippen LogP contribution in [0.2, 0.25) is 0 Å². The minimum Gasteiger partial charge on any atom is -0.369 e. The number of anilines is 1. The summed E-state index contributed by atoms with van der Waals surface area (Å²) >= 11 is 0. The summed E-state index contributed by atoms with van der Waals surface area (Å²) in [4.78, 5) is 21.4. The molecule has 0 bridgehead atoms. The standard InChI is InChI=1S/C12H11N5O4S/c1-7-2-4-8(5-3-7)22(19,20)21-17-6-14-9-10(17)15-12(13)16-11(9)18/h2-6H,1H3,(H3,13,15,16,18). The fourth-order valence-electron chi connectivity index (χ4n) is 1.82. The first kappa shape index (κ1) is 14.1. The number of aromatic nitrogens is 4. The van der Waals surface area contributed by atoms with Gasteiger partial charge >= 0.3 is 10.1 Å². The normalized spacial score (nSPS) is 11.7. The summed E-state index contributed by atoms with van der Waals surface area (Å²) in [6.07, 6.45) is 1.04. The average Bonchev–Trinajstić information content (AvgIpc) is 2.82. The molecule has 2 heterocycles. The number of aromatic amines is 1. The van der Waals surface area contributed by atoms with E-state index >= 15 is 0 Å². The topological polar surface area (TPSA) is 133 Å². The molecule has 0 spiro atoms. The Hall–Kier alpha value is -2.88. The van der Waals surface area contributed by atoms with Crippen LogP contribution in [0.15, 0.2) is 40.3 Å². The van der Waals surface area contributed by atoms with Crippen molar-refractivity contribution in [3.05, 3.63) is 46.5 Å². The van der Waals surface area contributed by atoms with Gasteiger partial charge in [0.2, 0.25) is 11.6 Å². The molecule has 3 aromatic rings. The molecule has 0 atom stereocenters. The lowest BCUT2D eigenvalue weighted by Gasteiger charge is -2.07. The maximum atomic E-state index is 12.2. The second kappa shape index (κ2) is 4.84. The molecule has 0 fully saturated rings. The third-order valence-corrected chi connectivity index (χ3v) is 4.09. The van der Waals surface area contributed by atoms with Gasteiger partial charge in [0.05, 0.1) is 0 Å². The molecule has 114 valence electrons. The van der Waals surface area contributed by atoms with Crippen LogP contribution in [0.3, 0.4) is 0 Å². The number of hydrogen-bond donors (Lipinski definition) is 2. The summed E-state index contributed by atoms with van der Waals surface area (Å²) in [6, 6.07) is 6.11. The van der Waals surface area contributed by atoms with Crippen LogP contribution in [0.1, 0.15) is 5.56 Å². The molecule has 3 N–H and O–H groups in total. The summed E-state index contributed by atoms with van der Waals surface area (Å²) in [6.45, 7) is 1.83.